The van der Waals surface area contributed by atoms with Gasteiger partial charge in [-0.15, -0.1) is 0 Å². The second-order valence-corrected chi connectivity index (χ2v) is 6.45. The zero-order valence-corrected chi connectivity index (χ0v) is 12.9. The van der Waals surface area contributed by atoms with E-state index in [4.69, 9.17) is 0 Å². The van der Waals surface area contributed by atoms with Crippen LogP contribution in [0.2, 0.25) is 0 Å². The molecule has 0 saturated heterocycles. The van der Waals surface area contributed by atoms with Gasteiger partial charge in [0, 0.05) is 12.2 Å². The van der Waals surface area contributed by atoms with Crippen LogP contribution < -0.4 is 5.32 Å². The van der Waals surface area contributed by atoms with E-state index in [-0.39, 0.29) is 0 Å². The Kier molecular flexibility index (Phi) is 5.03. The highest BCUT2D eigenvalue weighted by Gasteiger charge is 2.31. The van der Waals surface area contributed by atoms with Gasteiger partial charge in [0.25, 0.3) is 0 Å². The normalized spacial score (nSPS) is 22.8. The van der Waals surface area contributed by atoms with Gasteiger partial charge in [0.1, 0.15) is 0 Å². The average molecular weight is 263 g/mol. The van der Waals surface area contributed by atoms with E-state index in [2.05, 4.69) is 48.9 Å². The van der Waals surface area contributed by atoms with Crippen LogP contribution >= 0.6 is 0 Å². The average Bonchev–Trinajstić information content (AvgIpc) is 2.70. The standard InChI is InChI=1S/C16H29N3/c1-5-19-16(8-13(4)18-19)9-14-6-7-15(14)11-17-10-12(2)3/h8,12,14-15,17H,5-7,9-11H2,1-4H3. The van der Waals surface area contributed by atoms with Crippen molar-refractivity contribution in [3.05, 3.63) is 17.5 Å². The van der Waals surface area contributed by atoms with E-state index in [9.17, 15) is 0 Å². The maximum atomic E-state index is 4.55. The molecule has 1 aromatic heterocycles. The predicted molar refractivity (Wildman–Crippen MR) is 80.3 cm³/mol. The van der Waals surface area contributed by atoms with Crippen molar-refractivity contribution >= 4 is 0 Å². The first kappa shape index (κ1) is 14.6. The van der Waals surface area contributed by atoms with Crippen LogP contribution in [0.1, 0.15) is 45.0 Å². The van der Waals surface area contributed by atoms with Crippen molar-refractivity contribution in [1.82, 2.24) is 15.1 Å². The maximum Gasteiger partial charge on any atom is 0.0596 e. The highest BCUT2D eigenvalue weighted by molar-refractivity contribution is 5.10. The second-order valence-electron chi connectivity index (χ2n) is 6.45. The molecule has 0 radical (unpaired) electrons. The number of nitrogens with zero attached hydrogens (tertiary/aromatic N) is 2. The molecule has 0 bridgehead atoms. The minimum absolute atomic E-state index is 0.752. The van der Waals surface area contributed by atoms with Crippen LogP contribution in [0, 0.1) is 24.7 Å². The maximum absolute atomic E-state index is 4.55. The quantitative estimate of drug-likeness (QED) is 0.819. The molecule has 1 fully saturated rings. The van der Waals surface area contributed by atoms with E-state index >= 15 is 0 Å². The van der Waals surface area contributed by atoms with Crippen LogP contribution in [0.4, 0.5) is 0 Å². The van der Waals surface area contributed by atoms with Gasteiger partial charge in [0.2, 0.25) is 0 Å². The van der Waals surface area contributed by atoms with Crippen LogP contribution in [0.15, 0.2) is 6.07 Å². The fourth-order valence-corrected chi connectivity index (χ4v) is 3.04. The fourth-order valence-electron chi connectivity index (χ4n) is 3.04. The van der Waals surface area contributed by atoms with E-state index in [1.807, 2.05) is 0 Å². The summed E-state index contributed by atoms with van der Waals surface area (Å²) in [5.74, 6) is 2.49. The predicted octanol–water partition coefficient (Wildman–Crippen LogP) is 3.03. The van der Waals surface area contributed by atoms with Crippen LogP contribution in [-0.2, 0) is 13.0 Å². The van der Waals surface area contributed by atoms with Crippen molar-refractivity contribution in [2.45, 2.75) is 53.5 Å². The van der Waals surface area contributed by atoms with Crippen molar-refractivity contribution in [2.24, 2.45) is 17.8 Å². The van der Waals surface area contributed by atoms with Crippen molar-refractivity contribution in [3.8, 4) is 0 Å². The van der Waals surface area contributed by atoms with Crippen LogP contribution in [0.25, 0.3) is 0 Å². The molecule has 1 heterocycles. The molecule has 2 unspecified atom stereocenters. The molecule has 19 heavy (non-hydrogen) atoms. The topological polar surface area (TPSA) is 29.9 Å². The van der Waals surface area contributed by atoms with Gasteiger partial charge in [-0.2, -0.15) is 5.10 Å². The summed E-state index contributed by atoms with van der Waals surface area (Å²) in [7, 11) is 0. The number of hydrogen-bond acceptors (Lipinski definition) is 2. The van der Waals surface area contributed by atoms with Gasteiger partial charge >= 0.3 is 0 Å². The molecule has 1 aliphatic rings. The second kappa shape index (κ2) is 6.56. The van der Waals surface area contributed by atoms with E-state index in [1.165, 1.54) is 31.5 Å². The SMILES string of the molecule is CCn1nc(C)cc1CC1CCC1CNCC(C)C. The molecule has 108 valence electrons. The smallest absolute Gasteiger partial charge is 0.0596 e. The molecule has 1 aliphatic carbocycles. The first-order chi connectivity index (χ1) is 9.10. The van der Waals surface area contributed by atoms with Crippen LogP contribution in [0.5, 0.6) is 0 Å². The summed E-state index contributed by atoms with van der Waals surface area (Å²) in [4.78, 5) is 0. The Hall–Kier alpha value is -0.830. The van der Waals surface area contributed by atoms with Crippen molar-refractivity contribution in [2.75, 3.05) is 13.1 Å². The van der Waals surface area contributed by atoms with Crippen molar-refractivity contribution in [1.29, 1.82) is 0 Å². The summed E-state index contributed by atoms with van der Waals surface area (Å²) in [6.45, 7) is 12.2. The Morgan fingerprint density at radius 1 is 1.37 bits per heavy atom. The first-order valence-electron chi connectivity index (χ1n) is 7.84. The zero-order chi connectivity index (χ0) is 13.8. The van der Waals surface area contributed by atoms with Crippen molar-refractivity contribution in [3.63, 3.8) is 0 Å². The third-order valence-corrected chi connectivity index (χ3v) is 4.29. The van der Waals surface area contributed by atoms with Crippen LogP contribution in [0.3, 0.4) is 0 Å². The molecule has 0 aromatic carbocycles. The largest absolute Gasteiger partial charge is 0.316 e. The van der Waals surface area contributed by atoms with E-state index < -0.39 is 0 Å². The van der Waals surface area contributed by atoms with E-state index in [1.54, 1.807) is 0 Å². The van der Waals surface area contributed by atoms with E-state index in [0.717, 1.165) is 36.5 Å². The lowest BCUT2D eigenvalue weighted by atomic mass is 9.71. The Morgan fingerprint density at radius 3 is 2.68 bits per heavy atom. The van der Waals surface area contributed by atoms with Gasteiger partial charge in [-0.05, 0) is 70.0 Å². The molecule has 1 N–H and O–H groups in total. The number of aryl methyl sites for hydroxylation is 2. The minimum Gasteiger partial charge on any atom is -0.316 e. The highest BCUT2D eigenvalue weighted by Crippen LogP contribution is 2.36. The summed E-state index contributed by atoms with van der Waals surface area (Å²) in [6, 6.07) is 2.26. The number of rotatable bonds is 7. The van der Waals surface area contributed by atoms with Crippen molar-refractivity contribution < 1.29 is 0 Å². The summed E-state index contributed by atoms with van der Waals surface area (Å²) < 4.78 is 2.17. The zero-order valence-electron chi connectivity index (χ0n) is 12.9. The fraction of sp³-hybridized carbons (Fsp3) is 0.812. The van der Waals surface area contributed by atoms with Gasteiger partial charge in [-0.3, -0.25) is 4.68 Å². The Bertz CT molecular complexity index is 395. The molecule has 3 heteroatoms. The van der Waals surface area contributed by atoms with E-state index in [0.29, 0.717) is 0 Å². The molecule has 0 spiro atoms. The third-order valence-electron chi connectivity index (χ3n) is 4.29. The molecular formula is C16H29N3. The molecule has 0 aliphatic heterocycles. The molecule has 2 rings (SSSR count). The van der Waals surface area contributed by atoms with Gasteiger partial charge in [-0.1, -0.05) is 13.8 Å². The molecular weight excluding hydrogens is 234 g/mol. The Balaban J connectivity index is 1.82. The Labute approximate surface area is 117 Å². The third kappa shape index (κ3) is 3.82. The molecule has 1 saturated carbocycles. The lowest BCUT2D eigenvalue weighted by Gasteiger charge is -2.37. The molecule has 1 aromatic rings. The highest BCUT2D eigenvalue weighted by atomic mass is 15.3. The molecule has 3 nitrogen and oxygen atoms in total. The van der Waals surface area contributed by atoms with Gasteiger partial charge in [0.05, 0.1) is 5.69 Å². The monoisotopic (exact) mass is 263 g/mol. The molecule has 2 atom stereocenters. The summed E-state index contributed by atoms with van der Waals surface area (Å²) in [5, 5.41) is 8.17. The van der Waals surface area contributed by atoms with Crippen LogP contribution in [-0.4, -0.2) is 22.9 Å². The molecule has 0 amide bonds. The first-order valence-corrected chi connectivity index (χ1v) is 7.84. The van der Waals surface area contributed by atoms with Gasteiger partial charge in [0.15, 0.2) is 0 Å². The lowest BCUT2D eigenvalue weighted by Crippen LogP contribution is -2.37. The van der Waals surface area contributed by atoms with Gasteiger partial charge < -0.3 is 5.32 Å². The summed E-state index contributed by atoms with van der Waals surface area (Å²) in [6.07, 6.45) is 4.00. The number of nitrogens with one attached hydrogen (secondary N) is 1. The summed E-state index contributed by atoms with van der Waals surface area (Å²) >= 11 is 0. The Morgan fingerprint density at radius 2 is 2.11 bits per heavy atom. The number of aromatic nitrogens is 2. The lowest BCUT2D eigenvalue weighted by molar-refractivity contribution is 0.167. The summed E-state index contributed by atoms with van der Waals surface area (Å²) in [5.41, 5.74) is 2.59. The number of hydrogen-bond donors (Lipinski definition) is 1. The van der Waals surface area contributed by atoms with Gasteiger partial charge in [-0.25, -0.2) is 0 Å². The minimum atomic E-state index is 0.752.